The molecule has 1 fully saturated rings. The number of carbonyl (C=O) groups is 1. The number of hydrogen-bond acceptors (Lipinski definition) is 2. The fraction of sp³-hybridized carbons (Fsp3) is 0.500. The van der Waals surface area contributed by atoms with Crippen LogP contribution in [0.2, 0.25) is 0 Å². The van der Waals surface area contributed by atoms with Crippen molar-refractivity contribution in [2.45, 2.75) is 32.6 Å². The molecule has 2 rings (SSSR count). The van der Waals surface area contributed by atoms with E-state index in [4.69, 9.17) is 5.11 Å². The van der Waals surface area contributed by atoms with Gasteiger partial charge in [0.1, 0.15) is 0 Å². The van der Waals surface area contributed by atoms with Crippen LogP contribution in [0.3, 0.4) is 0 Å². The zero-order valence-corrected chi connectivity index (χ0v) is 12.1. The molecule has 0 radical (unpaired) electrons. The van der Waals surface area contributed by atoms with Crippen molar-refractivity contribution in [3.05, 3.63) is 28.2 Å². The number of benzene rings is 1. The lowest BCUT2D eigenvalue weighted by atomic mass is 10.0. The number of halogens is 1. The third-order valence-electron chi connectivity index (χ3n) is 3.55. The van der Waals surface area contributed by atoms with Gasteiger partial charge in [0.15, 0.2) is 0 Å². The molecule has 2 N–H and O–H groups in total. The topological polar surface area (TPSA) is 49.3 Å². The van der Waals surface area contributed by atoms with Crippen molar-refractivity contribution in [3.63, 3.8) is 0 Å². The summed E-state index contributed by atoms with van der Waals surface area (Å²) in [5.41, 5.74) is 1.65. The molecule has 0 bridgehead atoms. The number of rotatable bonds is 6. The summed E-state index contributed by atoms with van der Waals surface area (Å²) in [6, 6.07) is 5.23. The van der Waals surface area contributed by atoms with Crippen LogP contribution in [0.25, 0.3) is 0 Å². The monoisotopic (exact) mass is 311 g/mol. The number of aromatic carboxylic acids is 1. The maximum absolute atomic E-state index is 11.0. The highest BCUT2D eigenvalue weighted by Gasteiger charge is 2.41. The summed E-state index contributed by atoms with van der Waals surface area (Å²) in [5, 5.41) is 12.4. The van der Waals surface area contributed by atoms with E-state index in [9.17, 15) is 4.79 Å². The molecule has 0 saturated heterocycles. The minimum Gasteiger partial charge on any atom is -0.478 e. The molecule has 0 heterocycles. The van der Waals surface area contributed by atoms with Crippen molar-refractivity contribution in [1.82, 2.24) is 0 Å². The first-order chi connectivity index (χ1) is 8.54. The molecule has 1 saturated carbocycles. The molecule has 1 aliphatic carbocycles. The molecule has 1 aromatic carbocycles. The summed E-state index contributed by atoms with van der Waals surface area (Å²) < 4.78 is 0.797. The molecule has 3 nitrogen and oxygen atoms in total. The fourth-order valence-corrected chi connectivity index (χ4v) is 2.82. The number of carboxylic acids is 1. The van der Waals surface area contributed by atoms with Crippen LogP contribution >= 0.6 is 15.9 Å². The third kappa shape index (κ3) is 3.25. The maximum Gasteiger partial charge on any atom is 0.335 e. The molecule has 1 aliphatic rings. The molecule has 0 aromatic heterocycles. The highest BCUT2D eigenvalue weighted by atomic mass is 79.9. The van der Waals surface area contributed by atoms with Crippen molar-refractivity contribution >= 4 is 27.6 Å². The van der Waals surface area contributed by atoms with Crippen LogP contribution in [0.5, 0.6) is 0 Å². The van der Waals surface area contributed by atoms with Gasteiger partial charge in [0.05, 0.1) is 5.56 Å². The molecular weight excluding hydrogens is 294 g/mol. The van der Waals surface area contributed by atoms with Crippen LogP contribution in [-0.2, 0) is 0 Å². The quantitative estimate of drug-likeness (QED) is 0.830. The molecule has 0 aliphatic heterocycles. The third-order valence-corrected chi connectivity index (χ3v) is 4.01. The van der Waals surface area contributed by atoms with Gasteiger partial charge in [-0.05, 0) is 42.9 Å². The standard InChI is InChI=1S/C14H18BrNO2/c1-2-3-14(4-5-14)9-16-12-7-10(13(17)18)6-11(15)8-12/h6-8,16H,2-5,9H2,1H3,(H,17,18). The molecular formula is C14H18BrNO2. The minimum atomic E-state index is -0.894. The Morgan fingerprint density at radius 1 is 1.44 bits per heavy atom. The van der Waals surface area contributed by atoms with E-state index in [0.29, 0.717) is 11.0 Å². The zero-order chi connectivity index (χ0) is 13.2. The lowest BCUT2D eigenvalue weighted by Gasteiger charge is -2.16. The van der Waals surface area contributed by atoms with Crippen LogP contribution < -0.4 is 5.32 Å². The molecule has 18 heavy (non-hydrogen) atoms. The van der Waals surface area contributed by atoms with E-state index in [-0.39, 0.29) is 0 Å². The van der Waals surface area contributed by atoms with Crippen molar-refractivity contribution < 1.29 is 9.90 Å². The molecule has 0 amide bonds. The van der Waals surface area contributed by atoms with E-state index in [0.717, 1.165) is 16.7 Å². The summed E-state index contributed by atoms with van der Waals surface area (Å²) in [7, 11) is 0. The number of hydrogen-bond donors (Lipinski definition) is 2. The Labute approximate surface area is 116 Å². The first-order valence-electron chi connectivity index (χ1n) is 6.32. The zero-order valence-electron chi connectivity index (χ0n) is 10.5. The van der Waals surface area contributed by atoms with Crippen LogP contribution in [0.15, 0.2) is 22.7 Å². The normalized spacial score (nSPS) is 16.3. The van der Waals surface area contributed by atoms with Crippen molar-refractivity contribution in [2.75, 3.05) is 11.9 Å². The number of anilines is 1. The van der Waals surface area contributed by atoms with Gasteiger partial charge in [0, 0.05) is 16.7 Å². The largest absolute Gasteiger partial charge is 0.478 e. The maximum atomic E-state index is 11.0. The Morgan fingerprint density at radius 3 is 2.72 bits per heavy atom. The van der Waals surface area contributed by atoms with E-state index >= 15 is 0 Å². The predicted molar refractivity (Wildman–Crippen MR) is 76.2 cm³/mol. The number of nitrogens with one attached hydrogen (secondary N) is 1. The van der Waals surface area contributed by atoms with E-state index in [1.165, 1.54) is 25.7 Å². The van der Waals surface area contributed by atoms with Gasteiger partial charge in [-0.15, -0.1) is 0 Å². The molecule has 4 heteroatoms. The second kappa shape index (κ2) is 5.31. The molecule has 98 valence electrons. The lowest BCUT2D eigenvalue weighted by Crippen LogP contribution is -2.15. The van der Waals surface area contributed by atoms with Crippen LogP contribution in [0.1, 0.15) is 43.0 Å². The predicted octanol–water partition coefficient (Wildman–Crippen LogP) is 4.14. The van der Waals surface area contributed by atoms with E-state index < -0.39 is 5.97 Å². The van der Waals surface area contributed by atoms with Gasteiger partial charge in [-0.2, -0.15) is 0 Å². The smallest absolute Gasteiger partial charge is 0.335 e. The molecule has 0 unspecified atom stereocenters. The van der Waals surface area contributed by atoms with Gasteiger partial charge in [0.2, 0.25) is 0 Å². The summed E-state index contributed by atoms with van der Waals surface area (Å²) in [5.74, 6) is -0.894. The Kier molecular flexibility index (Phi) is 3.95. The van der Waals surface area contributed by atoms with Crippen molar-refractivity contribution in [3.8, 4) is 0 Å². The summed E-state index contributed by atoms with van der Waals surface area (Å²) in [6.07, 6.45) is 5.03. The lowest BCUT2D eigenvalue weighted by molar-refractivity contribution is 0.0697. The highest BCUT2D eigenvalue weighted by molar-refractivity contribution is 9.10. The van der Waals surface area contributed by atoms with E-state index in [1.807, 2.05) is 6.07 Å². The minimum absolute atomic E-state index is 0.312. The van der Waals surface area contributed by atoms with Crippen LogP contribution in [0.4, 0.5) is 5.69 Å². The second-order valence-corrected chi connectivity index (χ2v) is 6.05. The van der Waals surface area contributed by atoms with E-state index in [2.05, 4.69) is 28.2 Å². The van der Waals surface area contributed by atoms with Gasteiger partial charge in [-0.3, -0.25) is 0 Å². The van der Waals surface area contributed by atoms with Crippen LogP contribution in [-0.4, -0.2) is 17.6 Å². The average molecular weight is 312 g/mol. The Hall–Kier alpha value is -1.03. The molecule has 0 atom stereocenters. The fourth-order valence-electron chi connectivity index (χ4n) is 2.33. The Balaban J connectivity index is 2.03. The average Bonchev–Trinajstić information content (AvgIpc) is 3.07. The Bertz CT molecular complexity index is 455. The number of carboxylic acid groups (broad SMARTS) is 1. The summed E-state index contributed by atoms with van der Waals surface area (Å²) in [4.78, 5) is 11.0. The van der Waals surface area contributed by atoms with Crippen molar-refractivity contribution in [2.24, 2.45) is 5.41 Å². The SMILES string of the molecule is CCCC1(CNc2cc(Br)cc(C(=O)O)c2)CC1. The van der Waals surface area contributed by atoms with Gasteiger partial charge < -0.3 is 10.4 Å². The van der Waals surface area contributed by atoms with Gasteiger partial charge in [0.25, 0.3) is 0 Å². The van der Waals surface area contributed by atoms with Gasteiger partial charge in [-0.25, -0.2) is 4.79 Å². The van der Waals surface area contributed by atoms with Crippen molar-refractivity contribution in [1.29, 1.82) is 0 Å². The van der Waals surface area contributed by atoms with Gasteiger partial charge >= 0.3 is 5.97 Å². The second-order valence-electron chi connectivity index (χ2n) is 5.14. The summed E-state index contributed by atoms with van der Waals surface area (Å²) in [6.45, 7) is 3.15. The first kappa shape index (κ1) is 13.4. The molecule has 1 aromatic rings. The Morgan fingerprint density at radius 2 is 2.17 bits per heavy atom. The first-order valence-corrected chi connectivity index (χ1v) is 7.12. The highest BCUT2D eigenvalue weighted by Crippen LogP contribution is 2.49. The molecule has 0 spiro atoms. The van der Waals surface area contributed by atoms with E-state index in [1.54, 1.807) is 12.1 Å². The van der Waals surface area contributed by atoms with Gasteiger partial charge in [-0.1, -0.05) is 29.3 Å². The summed E-state index contributed by atoms with van der Waals surface area (Å²) >= 11 is 3.34. The van der Waals surface area contributed by atoms with Crippen LogP contribution in [0, 0.1) is 5.41 Å².